The SMILES string of the molecule is CCn1nc2c(c1C1CCN(CC3CN(CC4(C(=O)O)CCCC4)CC3c3cccc(F)c3)CC1)CCCC2. The maximum atomic E-state index is 14.2. The Bertz CT molecular complexity index is 1160. The van der Waals surface area contributed by atoms with Crippen LogP contribution in [0.2, 0.25) is 0 Å². The van der Waals surface area contributed by atoms with Crippen LogP contribution in [0.3, 0.4) is 0 Å². The van der Waals surface area contributed by atoms with E-state index in [0.29, 0.717) is 18.4 Å². The fourth-order valence-electron chi connectivity index (χ4n) is 8.36. The number of fused-ring (bicyclic) bond motifs is 1. The van der Waals surface area contributed by atoms with Gasteiger partial charge in [-0.3, -0.25) is 9.48 Å². The fraction of sp³-hybridized carbons (Fsp3) is 0.688. The molecule has 1 aromatic carbocycles. The Hall–Kier alpha value is -2.25. The number of carbonyl (C=O) groups is 1. The summed E-state index contributed by atoms with van der Waals surface area (Å²) < 4.78 is 16.5. The van der Waals surface area contributed by atoms with Crippen LogP contribution in [0.25, 0.3) is 0 Å². The van der Waals surface area contributed by atoms with Crippen molar-refractivity contribution in [2.75, 3.05) is 39.3 Å². The Morgan fingerprint density at radius 2 is 1.85 bits per heavy atom. The number of benzene rings is 1. The Morgan fingerprint density at radius 3 is 2.56 bits per heavy atom. The van der Waals surface area contributed by atoms with Crippen molar-refractivity contribution < 1.29 is 14.3 Å². The summed E-state index contributed by atoms with van der Waals surface area (Å²) in [6.07, 6.45) is 10.8. The molecule has 2 atom stereocenters. The second kappa shape index (κ2) is 11.3. The van der Waals surface area contributed by atoms with Gasteiger partial charge in [-0.1, -0.05) is 25.0 Å². The van der Waals surface area contributed by atoms with Gasteiger partial charge in [0.25, 0.3) is 0 Å². The van der Waals surface area contributed by atoms with Crippen LogP contribution in [0, 0.1) is 17.2 Å². The summed E-state index contributed by atoms with van der Waals surface area (Å²) in [5.74, 6) is 0.386. The molecule has 4 aliphatic rings. The van der Waals surface area contributed by atoms with E-state index in [1.807, 2.05) is 6.07 Å². The van der Waals surface area contributed by atoms with Gasteiger partial charge in [0.05, 0.1) is 11.1 Å². The number of likely N-dealkylation sites (tertiary alicyclic amines) is 2. The molecule has 2 aromatic rings. The number of piperidine rings is 1. The minimum atomic E-state index is -0.638. The van der Waals surface area contributed by atoms with Crippen molar-refractivity contribution in [2.24, 2.45) is 11.3 Å². The van der Waals surface area contributed by atoms with Gasteiger partial charge in [0.15, 0.2) is 0 Å². The number of carboxylic acid groups (broad SMARTS) is 1. The van der Waals surface area contributed by atoms with Crippen LogP contribution < -0.4 is 0 Å². The molecular formula is C32H45FN4O2. The third-order valence-electron chi connectivity index (χ3n) is 10.4. The lowest BCUT2D eigenvalue weighted by atomic mass is 9.85. The smallest absolute Gasteiger partial charge is 0.310 e. The van der Waals surface area contributed by atoms with Gasteiger partial charge in [-0.25, -0.2) is 4.39 Å². The van der Waals surface area contributed by atoms with Crippen molar-refractivity contribution in [3.05, 3.63) is 52.6 Å². The van der Waals surface area contributed by atoms with Gasteiger partial charge in [0, 0.05) is 50.3 Å². The maximum absolute atomic E-state index is 14.2. The quantitative estimate of drug-likeness (QED) is 0.485. The summed E-state index contributed by atoms with van der Waals surface area (Å²) in [4.78, 5) is 17.3. The highest BCUT2D eigenvalue weighted by Crippen LogP contribution is 2.43. The standard InChI is InChI=1S/C32H45FN4O2/c1-2-37-30(27-10-3-4-11-29(27)34-37)23-12-16-35(17-13-23)19-25-20-36(22-32(31(38)39)14-5-6-15-32)21-28(25)24-8-7-9-26(33)18-24/h7-9,18,23,25,28H,2-6,10-17,19-22H2,1H3,(H,38,39). The lowest BCUT2D eigenvalue weighted by molar-refractivity contribution is -0.149. The molecule has 212 valence electrons. The Balaban J connectivity index is 1.15. The average molecular weight is 537 g/mol. The van der Waals surface area contributed by atoms with Crippen molar-refractivity contribution in [3.63, 3.8) is 0 Å². The largest absolute Gasteiger partial charge is 0.481 e. The molecule has 0 spiro atoms. The zero-order valence-electron chi connectivity index (χ0n) is 23.6. The second-order valence-corrected chi connectivity index (χ2v) is 12.8. The lowest BCUT2D eigenvalue weighted by Gasteiger charge is -2.35. The van der Waals surface area contributed by atoms with Gasteiger partial charge in [0.2, 0.25) is 0 Å². The first-order chi connectivity index (χ1) is 19.0. The summed E-state index contributed by atoms with van der Waals surface area (Å²) in [5, 5.41) is 15.1. The molecule has 2 aliphatic heterocycles. The number of carboxylic acids is 1. The van der Waals surface area contributed by atoms with Crippen LogP contribution in [-0.4, -0.2) is 69.9 Å². The number of rotatable bonds is 8. The first-order valence-electron chi connectivity index (χ1n) is 15.5. The topological polar surface area (TPSA) is 61.6 Å². The van der Waals surface area contributed by atoms with Gasteiger partial charge in [0.1, 0.15) is 5.82 Å². The number of aryl methyl sites for hydroxylation is 2. The summed E-state index contributed by atoms with van der Waals surface area (Å²) in [7, 11) is 0. The number of aromatic nitrogens is 2. The van der Waals surface area contributed by atoms with Crippen LogP contribution in [0.4, 0.5) is 4.39 Å². The molecular weight excluding hydrogens is 491 g/mol. The molecule has 7 heteroatoms. The molecule has 1 aromatic heterocycles. The van der Waals surface area contributed by atoms with Gasteiger partial charge < -0.3 is 14.9 Å². The molecule has 39 heavy (non-hydrogen) atoms. The predicted molar refractivity (Wildman–Crippen MR) is 151 cm³/mol. The number of nitrogens with zero attached hydrogens (tertiary/aromatic N) is 4. The van der Waals surface area contributed by atoms with Crippen LogP contribution in [0.5, 0.6) is 0 Å². The fourth-order valence-corrected chi connectivity index (χ4v) is 8.36. The summed E-state index contributed by atoms with van der Waals surface area (Å²) in [6.45, 7) is 8.67. The van der Waals surface area contributed by atoms with E-state index < -0.39 is 11.4 Å². The van der Waals surface area contributed by atoms with E-state index in [1.54, 1.807) is 11.6 Å². The van der Waals surface area contributed by atoms with Gasteiger partial charge in [-0.05, 0) is 101 Å². The summed E-state index contributed by atoms with van der Waals surface area (Å²) in [6, 6.07) is 7.11. The second-order valence-electron chi connectivity index (χ2n) is 12.8. The Morgan fingerprint density at radius 1 is 1.08 bits per heavy atom. The van der Waals surface area contributed by atoms with E-state index in [-0.39, 0.29) is 11.7 Å². The number of hydrogen-bond acceptors (Lipinski definition) is 4. The van der Waals surface area contributed by atoms with Crippen molar-refractivity contribution in [1.82, 2.24) is 19.6 Å². The molecule has 0 radical (unpaired) electrons. The Kier molecular flexibility index (Phi) is 7.82. The first kappa shape index (κ1) is 26.9. The molecule has 2 unspecified atom stereocenters. The van der Waals surface area contributed by atoms with E-state index in [2.05, 4.69) is 27.5 Å². The van der Waals surface area contributed by atoms with E-state index in [9.17, 15) is 14.3 Å². The van der Waals surface area contributed by atoms with Crippen LogP contribution in [-0.2, 0) is 24.2 Å². The van der Waals surface area contributed by atoms with Gasteiger partial charge in [-0.2, -0.15) is 5.10 Å². The van der Waals surface area contributed by atoms with Crippen molar-refractivity contribution in [3.8, 4) is 0 Å². The average Bonchev–Trinajstić information content (AvgIpc) is 3.67. The van der Waals surface area contributed by atoms with E-state index >= 15 is 0 Å². The predicted octanol–water partition coefficient (Wildman–Crippen LogP) is 5.46. The maximum Gasteiger partial charge on any atom is 0.310 e. The molecule has 2 saturated heterocycles. The molecule has 3 fully saturated rings. The third kappa shape index (κ3) is 5.41. The minimum absolute atomic E-state index is 0.181. The molecule has 3 heterocycles. The van der Waals surface area contributed by atoms with Crippen LogP contribution >= 0.6 is 0 Å². The van der Waals surface area contributed by atoms with Crippen molar-refractivity contribution >= 4 is 5.97 Å². The first-order valence-corrected chi connectivity index (χ1v) is 15.5. The van der Waals surface area contributed by atoms with E-state index in [1.165, 1.54) is 49.6 Å². The molecule has 6 rings (SSSR count). The Labute approximate surface area is 232 Å². The summed E-state index contributed by atoms with van der Waals surface area (Å²) in [5.41, 5.74) is 4.88. The van der Waals surface area contributed by atoms with E-state index in [0.717, 1.165) is 76.9 Å². The van der Waals surface area contributed by atoms with Crippen molar-refractivity contribution in [1.29, 1.82) is 0 Å². The molecule has 6 nitrogen and oxygen atoms in total. The third-order valence-corrected chi connectivity index (χ3v) is 10.4. The summed E-state index contributed by atoms with van der Waals surface area (Å²) >= 11 is 0. The van der Waals surface area contributed by atoms with Crippen LogP contribution in [0.1, 0.15) is 92.6 Å². The molecule has 2 aliphatic carbocycles. The molecule has 1 N–H and O–H groups in total. The minimum Gasteiger partial charge on any atom is -0.481 e. The number of halogens is 1. The number of aliphatic carboxylic acids is 1. The zero-order valence-corrected chi connectivity index (χ0v) is 23.6. The van der Waals surface area contributed by atoms with E-state index in [4.69, 9.17) is 5.10 Å². The van der Waals surface area contributed by atoms with Gasteiger partial charge in [-0.15, -0.1) is 0 Å². The highest BCUT2D eigenvalue weighted by molar-refractivity contribution is 5.75. The zero-order chi connectivity index (χ0) is 27.0. The molecule has 1 saturated carbocycles. The highest BCUT2D eigenvalue weighted by atomic mass is 19.1. The lowest BCUT2D eigenvalue weighted by Crippen LogP contribution is -2.41. The van der Waals surface area contributed by atoms with Crippen LogP contribution in [0.15, 0.2) is 24.3 Å². The van der Waals surface area contributed by atoms with Crippen molar-refractivity contribution in [2.45, 2.75) is 89.5 Å². The molecule has 0 amide bonds. The monoisotopic (exact) mass is 536 g/mol. The number of hydrogen-bond donors (Lipinski definition) is 1. The normalized spacial score (nSPS) is 26.2. The highest BCUT2D eigenvalue weighted by Gasteiger charge is 2.45. The molecule has 0 bridgehead atoms. The van der Waals surface area contributed by atoms with Gasteiger partial charge >= 0.3 is 5.97 Å².